The van der Waals surface area contributed by atoms with Crippen LogP contribution in [-0.2, 0) is 42.8 Å². The van der Waals surface area contributed by atoms with Crippen LogP contribution < -0.4 is 0 Å². The fraction of sp³-hybridized carbons (Fsp3) is 0.618. The third-order valence-corrected chi connectivity index (χ3v) is 7.99. The van der Waals surface area contributed by atoms with Crippen LogP contribution in [0.1, 0.15) is 89.0 Å². The van der Waals surface area contributed by atoms with Gasteiger partial charge in [-0.2, -0.15) is 0 Å². The Hall–Kier alpha value is -3.01. The first-order chi connectivity index (χ1) is 20.9. The summed E-state index contributed by atoms with van der Waals surface area (Å²) in [5, 5.41) is 0. The molecule has 9 nitrogen and oxygen atoms in total. The van der Waals surface area contributed by atoms with Crippen molar-refractivity contribution in [1.82, 2.24) is 34.2 Å². The van der Waals surface area contributed by atoms with Crippen molar-refractivity contribution in [2.24, 2.45) is 7.05 Å². The van der Waals surface area contributed by atoms with Crippen molar-refractivity contribution in [1.29, 1.82) is 0 Å². The Kier molecular flexibility index (Phi) is 15.5. The van der Waals surface area contributed by atoms with Gasteiger partial charge in [0, 0.05) is 57.4 Å². The van der Waals surface area contributed by atoms with Crippen LogP contribution in [0.3, 0.4) is 0 Å². The lowest BCUT2D eigenvalue weighted by Crippen LogP contribution is -2.35. The van der Waals surface area contributed by atoms with Gasteiger partial charge < -0.3 is 19.2 Å². The van der Waals surface area contributed by atoms with Gasteiger partial charge in [0.2, 0.25) is 0 Å². The molecule has 1 aromatic carbocycles. The molecule has 0 radical (unpaired) electrons. The molecule has 3 aromatic rings. The molecule has 3 rings (SSSR count). The Morgan fingerprint density at radius 2 is 1.58 bits per heavy atom. The number of ether oxygens (including phenoxy) is 1. The van der Waals surface area contributed by atoms with E-state index >= 15 is 0 Å². The zero-order chi connectivity index (χ0) is 30.9. The quantitative estimate of drug-likeness (QED) is 0.117. The van der Waals surface area contributed by atoms with E-state index in [0.717, 1.165) is 57.2 Å². The van der Waals surface area contributed by atoms with Crippen LogP contribution in [0.25, 0.3) is 0 Å². The van der Waals surface area contributed by atoms with Gasteiger partial charge in [-0.25, -0.2) is 9.97 Å². The summed E-state index contributed by atoms with van der Waals surface area (Å²) in [6, 6.07) is 9.36. The number of nitrogens with one attached hydrogen (secondary N) is 1. The first kappa shape index (κ1) is 34.5. The maximum absolute atomic E-state index is 11.7. The maximum atomic E-state index is 11.7. The SMILES string of the molecule is CCCN(CCC)CCCCN(Cc1ccc(CN(Cc2ncc[nH]2)Cc2nccn2C)cc1)C(C)CCOC(=O)CC. The maximum Gasteiger partial charge on any atom is 0.305 e. The van der Waals surface area contributed by atoms with E-state index in [1.54, 1.807) is 6.20 Å². The molecular weight excluding hydrogens is 538 g/mol. The second-order valence-corrected chi connectivity index (χ2v) is 11.7. The standard InChI is InChI=1S/C34H55N7O2/c1-6-19-39(20-7-2)21-9-10-22-41(29(4)15-24-43-34(42)8-3)26-31-13-11-30(12-14-31)25-40(27-32-35-16-17-36-32)28-33-37-18-23-38(33)5/h11-14,16-18,23,29H,6-10,15,19-22,24-28H2,1-5H3,(H,35,36). The first-order valence-corrected chi connectivity index (χ1v) is 16.3. The first-order valence-electron chi connectivity index (χ1n) is 16.3. The van der Waals surface area contributed by atoms with E-state index < -0.39 is 0 Å². The molecule has 0 aliphatic carbocycles. The normalized spacial score (nSPS) is 12.5. The molecule has 0 fully saturated rings. The molecule has 0 aliphatic rings. The summed E-state index contributed by atoms with van der Waals surface area (Å²) < 4.78 is 7.49. The molecule has 2 aromatic heterocycles. The molecule has 1 atom stereocenters. The van der Waals surface area contributed by atoms with E-state index in [-0.39, 0.29) is 5.97 Å². The number of hydrogen-bond acceptors (Lipinski definition) is 7. The Labute approximate surface area is 259 Å². The topological polar surface area (TPSA) is 82.5 Å². The van der Waals surface area contributed by atoms with Crippen molar-refractivity contribution in [2.75, 3.05) is 32.8 Å². The lowest BCUT2D eigenvalue weighted by Gasteiger charge is -2.30. The fourth-order valence-electron chi connectivity index (χ4n) is 5.46. The van der Waals surface area contributed by atoms with Gasteiger partial charge in [-0.05, 0) is 76.3 Å². The van der Waals surface area contributed by atoms with Gasteiger partial charge in [0.25, 0.3) is 0 Å². The highest BCUT2D eigenvalue weighted by molar-refractivity contribution is 5.68. The number of unbranched alkanes of at least 4 members (excludes halogenated alkanes) is 1. The number of carbonyl (C=O) groups is 1. The summed E-state index contributed by atoms with van der Waals surface area (Å²) >= 11 is 0. The van der Waals surface area contributed by atoms with Crippen LogP contribution in [0.5, 0.6) is 0 Å². The molecule has 0 spiro atoms. The summed E-state index contributed by atoms with van der Waals surface area (Å²) in [5.74, 6) is 1.86. The third kappa shape index (κ3) is 12.6. The van der Waals surface area contributed by atoms with E-state index in [1.807, 2.05) is 32.6 Å². The number of aryl methyl sites for hydroxylation is 1. The minimum atomic E-state index is -0.120. The van der Waals surface area contributed by atoms with Crippen LogP contribution in [0, 0.1) is 0 Å². The Morgan fingerprint density at radius 1 is 0.884 bits per heavy atom. The van der Waals surface area contributed by atoms with Gasteiger partial charge >= 0.3 is 5.97 Å². The van der Waals surface area contributed by atoms with Gasteiger partial charge in [-0.3, -0.25) is 14.6 Å². The molecule has 0 aliphatic heterocycles. The summed E-state index contributed by atoms with van der Waals surface area (Å²) in [6.07, 6.45) is 13.6. The number of H-pyrrole nitrogens is 1. The smallest absolute Gasteiger partial charge is 0.305 e. The van der Waals surface area contributed by atoms with Crippen LogP contribution in [0.4, 0.5) is 0 Å². The number of carbonyl (C=O) groups excluding carboxylic acids is 1. The average Bonchev–Trinajstić information content (AvgIpc) is 3.67. The van der Waals surface area contributed by atoms with Crippen molar-refractivity contribution < 1.29 is 9.53 Å². The number of benzene rings is 1. The highest BCUT2D eigenvalue weighted by atomic mass is 16.5. The number of imidazole rings is 2. The number of rotatable bonds is 22. The molecule has 43 heavy (non-hydrogen) atoms. The summed E-state index contributed by atoms with van der Waals surface area (Å²) in [6.45, 7) is 16.9. The zero-order valence-corrected chi connectivity index (χ0v) is 27.3. The monoisotopic (exact) mass is 593 g/mol. The van der Waals surface area contributed by atoms with Crippen molar-refractivity contribution in [3.63, 3.8) is 0 Å². The van der Waals surface area contributed by atoms with Crippen molar-refractivity contribution in [3.8, 4) is 0 Å². The average molecular weight is 594 g/mol. The molecule has 0 saturated carbocycles. The third-order valence-electron chi connectivity index (χ3n) is 7.99. The Morgan fingerprint density at radius 3 is 2.19 bits per heavy atom. The summed E-state index contributed by atoms with van der Waals surface area (Å²) in [4.78, 5) is 31.4. The van der Waals surface area contributed by atoms with Crippen LogP contribution in [0.15, 0.2) is 49.1 Å². The molecule has 2 heterocycles. The van der Waals surface area contributed by atoms with Gasteiger partial charge in [-0.1, -0.05) is 45.0 Å². The van der Waals surface area contributed by atoms with Gasteiger partial charge in [0.05, 0.1) is 19.7 Å². The van der Waals surface area contributed by atoms with Crippen molar-refractivity contribution >= 4 is 5.97 Å². The largest absolute Gasteiger partial charge is 0.466 e. The Balaban J connectivity index is 1.61. The minimum Gasteiger partial charge on any atom is -0.466 e. The van der Waals surface area contributed by atoms with Crippen LogP contribution >= 0.6 is 0 Å². The molecule has 0 amide bonds. The summed E-state index contributed by atoms with van der Waals surface area (Å²) in [7, 11) is 2.04. The predicted octanol–water partition coefficient (Wildman–Crippen LogP) is 5.78. The number of esters is 1. The second kappa shape index (κ2) is 19.3. The predicted molar refractivity (Wildman–Crippen MR) is 173 cm³/mol. The number of hydrogen-bond donors (Lipinski definition) is 1. The lowest BCUT2D eigenvalue weighted by molar-refractivity contribution is -0.143. The van der Waals surface area contributed by atoms with Gasteiger partial charge in [0.15, 0.2) is 0 Å². The van der Waals surface area contributed by atoms with E-state index in [9.17, 15) is 4.79 Å². The molecule has 0 saturated heterocycles. The van der Waals surface area contributed by atoms with Gasteiger partial charge in [0.1, 0.15) is 11.6 Å². The van der Waals surface area contributed by atoms with E-state index in [2.05, 4.69) is 79.3 Å². The summed E-state index contributed by atoms with van der Waals surface area (Å²) in [5.41, 5.74) is 2.57. The number of aromatic amines is 1. The molecular formula is C34H55N7O2. The van der Waals surface area contributed by atoms with Crippen molar-refractivity contribution in [3.05, 3.63) is 71.8 Å². The van der Waals surface area contributed by atoms with Crippen LogP contribution in [0.2, 0.25) is 0 Å². The lowest BCUT2D eigenvalue weighted by atomic mass is 10.1. The van der Waals surface area contributed by atoms with Crippen LogP contribution in [-0.4, -0.2) is 79.0 Å². The molecule has 1 N–H and O–H groups in total. The van der Waals surface area contributed by atoms with E-state index in [4.69, 9.17) is 4.74 Å². The van der Waals surface area contributed by atoms with E-state index in [0.29, 0.717) is 19.1 Å². The highest BCUT2D eigenvalue weighted by Crippen LogP contribution is 2.17. The minimum absolute atomic E-state index is 0.120. The van der Waals surface area contributed by atoms with Crippen molar-refractivity contribution in [2.45, 2.75) is 98.4 Å². The number of aromatic nitrogens is 4. The molecule has 238 valence electrons. The van der Waals surface area contributed by atoms with Gasteiger partial charge in [-0.15, -0.1) is 0 Å². The fourth-order valence-corrected chi connectivity index (χ4v) is 5.46. The number of nitrogens with zero attached hydrogens (tertiary/aromatic N) is 6. The highest BCUT2D eigenvalue weighted by Gasteiger charge is 2.17. The second-order valence-electron chi connectivity index (χ2n) is 11.7. The molecule has 0 bridgehead atoms. The van der Waals surface area contributed by atoms with E-state index in [1.165, 1.54) is 50.0 Å². The zero-order valence-electron chi connectivity index (χ0n) is 27.3. The molecule has 1 unspecified atom stereocenters. The molecule has 9 heteroatoms. The Bertz CT molecular complexity index is 1140.